The molecule has 1 heterocycles. The molecule has 0 unspecified atom stereocenters. The summed E-state index contributed by atoms with van der Waals surface area (Å²) in [4.78, 5) is 0.159. The molecule has 1 saturated heterocycles. The number of rotatable bonds is 4. The van der Waals surface area contributed by atoms with E-state index in [9.17, 15) is 8.42 Å². The lowest BCUT2D eigenvalue weighted by molar-refractivity contribution is 0.390. The van der Waals surface area contributed by atoms with Crippen LogP contribution in [0, 0.1) is 0 Å². The van der Waals surface area contributed by atoms with Crippen LogP contribution in [0.1, 0.15) is 24.4 Å². The molecule has 0 amide bonds. The summed E-state index contributed by atoms with van der Waals surface area (Å²) in [6, 6.07) is 11.7. The quantitative estimate of drug-likeness (QED) is 0.776. The lowest BCUT2D eigenvalue weighted by atomic mass is 10.1. The molecule has 2 aromatic rings. The summed E-state index contributed by atoms with van der Waals surface area (Å²) in [6.45, 7) is 0.477. The highest BCUT2D eigenvalue weighted by atomic mass is 35.5. The lowest BCUT2D eigenvalue weighted by Gasteiger charge is -2.25. The second-order valence-corrected chi connectivity index (χ2v) is 8.33. The first kappa shape index (κ1) is 17.5. The van der Waals surface area contributed by atoms with E-state index in [0.29, 0.717) is 17.3 Å². The maximum atomic E-state index is 13.0. The normalized spacial score (nSPS) is 18.7. The number of hydrogen-bond acceptors (Lipinski definition) is 3. The van der Waals surface area contributed by atoms with Gasteiger partial charge in [-0.05, 0) is 48.7 Å². The molecule has 7 heteroatoms. The minimum Gasteiger partial charge on any atom is -0.497 e. The molecule has 0 spiro atoms. The third-order valence-electron chi connectivity index (χ3n) is 4.18. The van der Waals surface area contributed by atoms with Crippen LogP contribution >= 0.6 is 23.2 Å². The zero-order valence-electron chi connectivity index (χ0n) is 13.1. The van der Waals surface area contributed by atoms with Crippen molar-refractivity contribution in [2.75, 3.05) is 13.7 Å². The number of benzene rings is 2. The summed E-state index contributed by atoms with van der Waals surface area (Å²) in [5, 5.41) is 0.566. The van der Waals surface area contributed by atoms with E-state index in [1.165, 1.54) is 22.5 Å². The maximum Gasteiger partial charge on any atom is 0.243 e. The molecular weight excluding hydrogens is 369 g/mol. The van der Waals surface area contributed by atoms with Gasteiger partial charge in [-0.2, -0.15) is 4.31 Å². The monoisotopic (exact) mass is 385 g/mol. The number of halogens is 2. The molecule has 1 fully saturated rings. The summed E-state index contributed by atoms with van der Waals surface area (Å²) < 4.78 is 32.8. The molecule has 3 rings (SSSR count). The minimum absolute atomic E-state index is 0.159. The molecule has 24 heavy (non-hydrogen) atoms. The van der Waals surface area contributed by atoms with E-state index in [0.717, 1.165) is 18.4 Å². The van der Waals surface area contributed by atoms with Crippen molar-refractivity contribution in [1.29, 1.82) is 0 Å². The average Bonchev–Trinajstić information content (AvgIpc) is 3.08. The highest BCUT2D eigenvalue weighted by molar-refractivity contribution is 7.89. The average molecular weight is 386 g/mol. The van der Waals surface area contributed by atoms with E-state index in [-0.39, 0.29) is 16.0 Å². The zero-order valence-corrected chi connectivity index (χ0v) is 15.4. The first-order valence-corrected chi connectivity index (χ1v) is 9.74. The molecular formula is C17H17Cl2NO3S. The van der Waals surface area contributed by atoms with Gasteiger partial charge in [0, 0.05) is 6.54 Å². The van der Waals surface area contributed by atoms with Crippen molar-refractivity contribution in [3.8, 4) is 5.75 Å². The van der Waals surface area contributed by atoms with Gasteiger partial charge in [-0.25, -0.2) is 8.42 Å². The van der Waals surface area contributed by atoms with Gasteiger partial charge < -0.3 is 4.74 Å². The largest absolute Gasteiger partial charge is 0.497 e. The van der Waals surface area contributed by atoms with Gasteiger partial charge in [-0.3, -0.25) is 0 Å². The Kier molecular flexibility index (Phi) is 5.06. The van der Waals surface area contributed by atoms with Crippen LogP contribution in [0.25, 0.3) is 0 Å². The predicted octanol–water partition coefficient (Wildman–Crippen LogP) is 4.53. The number of sulfonamides is 1. The molecule has 1 atom stereocenters. The van der Waals surface area contributed by atoms with E-state index < -0.39 is 10.0 Å². The van der Waals surface area contributed by atoms with Crippen LogP contribution in [-0.2, 0) is 10.0 Å². The Bertz CT molecular complexity index is 855. The summed E-state index contributed by atoms with van der Waals surface area (Å²) in [7, 11) is -2.05. The minimum atomic E-state index is -3.65. The fourth-order valence-corrected chi connectivity index (χ4v) is 5.05. The smallest absolute Gasteiger partial charge is 0.243 e. The third-order valence-corrected chi connectivity index (χ3v) is 6.82. The van der Waals surface area contributed by atoms with Crippen LogP contribution in [0.3, 0.4) is 0 Å². The SMILES string of the molecule is COc1cccc([C@@H]2CCCN2S(=O)(=O)c2ccc(Cl)c(Cl)c2)c1. The van der Waals surface area contributed by atoms with Crippen molar-refractivity contribution >= 4 is 33.2 Å². The van der Waals surface area contributed by atoms with Crippen LogP contribution in [0.2, 0.25) is 10.0 Å². The van der Waals surface area contributed by atoms with Crippen LogP contribution in [0.15, 0.2) is 47.4 Å². The van der Waals surface area contributed by atoms with Gasteiger partial charge in [0.1, 0.15) is 5.75 Å². The first-order chi connectivity index (χ1) is 11.4. The molecule has 0 aromatic heterocycles. The summed E-state index contributed by atoms with van der Waals surface area (Å²) in [5.74, 6) is 0.714. The number of hydrogen-bond donors (Lipinski definition) is 0. The Morgan fingerprint density at radius 3 is 2.62 bits per heavy atom. The van der Waals surface area contributed by atoms with E-state index in [1.54, 1.807) is 7.11 Å². The molecule has 0 aliphatic carbocycles. The summed E-state index contributed by atoms with van der Waals surface area (Å²) in [5.41, 5.74) is 0.926. The van der Waals surface area contributed by atoms with Gasteiger partial charge in [0.15, 0.2) is 0 Å². The molecule has 0 bridgehead atoms. The van der Waals surface area contributed by atoms with Gasteiger partial charge >= 0.3 is 0 Å². The zero-order chi connectivity index (χ0) is 17.3. The van der Waals surface area contributed by atoms with Crippen LogP contribution in [0.4, 0.5) is 0 Å². The molecule has 128 valence electrons. The van der Waals surface area contributed by atoms with Crippen molar-refractivity contribution in [3.63, 3.8) is 0 Å². The van der Waals surface area contributed by atoms with Gasteiger partial charge in [-0.15, -0.1) is 0 Å². The van der Waals surface area contributed by atoms with Gasteiger partial charge in [0.25, 0.3) is 0 Å². The van der Waals surface area contributed by atoms with Crippen molar-refractivity contribution in [2.24, 2.45) is 0 Å². The Morgan fingerprint density at radius 2 is 1.92 bits per heavy atom. The molecule has 1 aliphatic heterocycles. The lowest BCUT2D eigenvalue weighted by Crippen LogP contribution is -2.30. The van der Waals surface area contributed by atoms with Crippen molar-refractivity contribution in [1.82, 2.24) is 4.31 Å². The molecule has 1 aliphatic rings. The van der Waals surface area contributed by atoms with E-state index >= 15 is 0 Å². The number of nitrogens with zero attached hydrogens (tertiary/aromatic N) is 1. The summed E-state index contributed by atoms with van der Waals surface area (Å²) in [6.07, 6.45) is 1.58. The second kappa shape index (κ2) is 6.92. The van der Waals surface area contributed by atoms with E-state index in [2.05, 4.69) is 0 Å². The first-order valence-electron chi connectivity index (χ1n) is 7.54. The Morgan fingerprint density at radius 1 is 1.12 bits per heavy atom. The van der Waals surface area contributed by atoms with Gasteiger partial charge in [0.2, 0.25) is 10.0 Å². The molecule has 0 saturated carbocycles. The summed E-state index contributed by atoms with van der Waals surface area (Å²) >= 11 is 11.9. The highest BCUT2D eigenvalue weighted by Gasteiger charge is 2.36. The Balaban J connectivity index is 1.98. The van der Waals surface area contributed by atoms with Crippen molar-refractivity contribution < 1.29 is 13.2 Å². The van der Waals surface area contributed by atoms with E-state index in [1.807, 2.05) is 24.3 Å². The molecule has 2 aromatic carbocycles. The second-order valence-electron chi connectivity index (χ2n) is 5.63. The fourth-order valence-electron chi connectivity index (χ4n) is 2.98. The van der Waals surface area contributed by atoms with Crippen LogP contribution in [-0.4, -0.2) is 26.4 Å². The predicted molar refractivity (Wildman–Crippen MR) is 95.3 cm³/mol. The third kappa shape index (κ3) is 3.26. The molecule has 0 radical (unpaired) electrons. The topological polar surface area (TPSA) is 46.6 Å². The van der Waals surface area contributed by atoms with Gasteiger partial charge in [0.05, 0.1) is 28.1 Å². The van der Waals surface area contributed by atoms with Crippen LogP contribution < -0.4 is 4.74 Å². The Hall–Kier alpha value is -1.27. The number of ether oxygens (including phenoxy) is 1. The standard InChI is InChI=1S/C17H17Cl2NO3S/c1-23-13-5-2-4-12(10-13)17-6-3-9-20(17)24(21,22)14-7-8-15(18)16(19)11-14/h2,4-5,7-8,10-11,17H,3,6,9H2,1H3/t17-/m0/s1. The maximum absolute atomic E-state index is 13.0. The van der Waals surface area contributed by atoms with Crippen LogP contribution in [0.5, 0.6) is 5.75 Å². The van der Waals surface area contributed by atoms with Crippen molar-refractivity contribution in [3.05, 3.63) is 58.1 Å². The fraction of sp³-hybridized carbons (Fsp3) is 0.294. The molecule has 4 nitrogen and oxygen atoms in total. The Labute approximate surface area is 152 Å². The number of methoxy groups -OCH3 is 1. The van der Waals surface area contributed by atoms with Gasteiger partial charge in [-0.1, -0.05) is 35.3 Å². The van der Waals surface area contributed by atoms with Crippen molar-refractivity contribution in [2.45, 2.75) is 23.8 Å². The highest BCUT2D eigenvalue weighted by Crippen LogP contribution is 2.38. The van der Waals surface area contributed by atoms with E-state index in [4.69, 9.17) is 27.9 Å². The molecule has 0 N–H and O–H groups in total.